The van der Waals surface area contributed by atoms with Gasteiger partial charge < -0.3 is 9.15 Å². The van der Waals surface area contributed by atoms with E-state index in [1.54, 1.807) is 12.5 Å². The molecule has 2 heterocycles. The zero-order valence-corrected chi connectivity index (χ0v) is 10.8. The first kappa shape index (κ1) is 12.9. The van der Waals surface area contributed by atoms with Gasteiger partial charge in [-0.2, -0.15) is 0 Å². The van der Waals surface area contributed by atoms with Crippen LogP contribution >= 0.6 is 0 Å². The van der Waals surface area contributed by atoms with E-state index in [1.807, 2.05) is 19.9 Å². The number of furan rings is 1. The molecule has 1 aliphatic heterocycles. The third-order valence-corrected chi connectivity index (χ3v) is 3.62. The molecule has 0 aromatic carbocycles. The van der Waals surface area contributed by atoms with E-state index in [0.29, 0.717) is 12.8 Å². The molecule has 0 spiro atoms. The van der Waals surface area contributed by atoms with Gasteiger partial charge >= 0.3 is 5.97 Å². The Morgan fingerprint density at radius 2 is 2.17 bits per heavy atom. The molecule has 4 heteroatoms. The van der Waals surface area contributed by atoms with Gasteiger partial charge in [0.05, 0.1) is 12.5 Å². The van der Waals surface area contributed by atoms with Gasteiger partial charge in [0.25, 0.3) is 0 Å². The summed E-state index contributed by atoms with van der Waals surface area (Å²) in [5, 5.41) is 0. The maximum Gasteiger partial charge on any atom is 0.313 e. The zero-order valence-electron chi connectivity index (χ0n) is 10.8. The molecule has 18 heavy (non-hydrogen) atoms. The quantitative estimate of drug-likeness (QED) is 0.608. The molecule has 0 aliphatic carbocycles. The van der Waals surface area contributed by atoms with Crippen LogP contribution in [0.2, 0.25) is 0 Å². The van der Waals surface area contributed by atoms with Crippen molar-refractivity contribution >= 4 is 11.8 Å². The second-order valence-electron chi connectivity index (χ2n) is 5.22. The number of carbonyl (C=O) groups excluding carboxylic acids is 2. The van der Waals surface area contributed by atoms with Crippen LogP contribution in [0.3, 0.4) is 0 Å². The molecule has 1 aromatic heterocycles. The molecule has 98 valence electrons. The SMILES string of the molecule is CC(C)C1(CCc2ccoc2)CC(=O)CC(=O)O1. The minimum atomic E-state index is -0.649. The van der Waals surface area contributed by atoms with E-state index in [1.165, 1.54) is 0 Å². The first-order chi connectivity index (χ1) is 8.52. The summed E-state index contributed by atoms with van der Waals surface area (Å²) in [6, 6.07) is 1.89. The molecule has 1 saturated heterocycles. The van der Waals surface area contributed by atoms with E-state index in [4.69, 9.17) is 9.15 Å². The molecule has 0 bridgehead atoms. The van der Waals surface area contributed by atoms with E-state index >= 15 is 0 Å². The van der Waals surface area contributed by atoms with Crippen molar-refractivity contribution in [2.75, 3.05) is 0 Å². The molecule has 1 aliphatic rings. The summed E-state index contributed by atoms with van der Waals surface area (Å²) in [5.41, 5.74) is 0.410. The number of esters is 1. The number of ketones is 1. The highest BCUT2D eigenvalue weighted by atomic mass is 16.6. The lowest BCUT2D eigenvalue weighted by molar-refractivity contribution is -0.177. The molecule has 4 nitrogen and oxygen atoms in total. The van der Waals surface area contributed by atoms with E-state index in [-0.39, 0.29) is 18.1 Å². The first-order valence-electron chi connectivity index (χ1n) is 6.26. The van der Waals surface area contributed by atoms with Gasteiger partial charge in [-0.1, -0.05) is 13.8 Å². The van der Waals surface area contributed by atoms with Crippen molar-refractivity contribution in [3.63, 3.8) is 0 Å². The van der Waals surface area contributed by atoms with Crippen LogP contribution in [0.15, 0.2) is 23.0 Å². The van der Waals surface area contributed by atoms with Gasteiger partial charge in [0.2, 0.25) is 0 Å². The number of cyclic esters (lactones) is 1. The number of carbonyl (C=O) groups is 2. The number of ether oxygens (including phenoxy) is 1. The Balaban J connectivity index is 2.11. The largest absolute Gasteiger partial charge is 0.472 e. The first-order valence-corrected chi connectivity index (χ1v) is 6.26. The highest BCUT2D eigenvalue weighted by Crippen LogP contribution is 2.35. The average molecular weight is 250 g/mol. The van der Waals surface area contributed by atoms with E-state index in [0.717, 1.165) is 12.0 Å². The van der Waals surface area contributed by atoms with Crippen molar-refractivity contribution in [1.29, 1.82) is 0 Å². The molecule has 2 rings (SSSR count). The van der Waals surface area contributed by atoms with E-state index in [9.17, 15) is 9.59 Å². The van der Waals surface area contributed by atoms with Crippen molar-refractivity contribution in [2.24, 2.45) is 5.92 Å². The Morgan fingerprint density at radius 1 is 1.39 bits per heavy atom. The van der Waals surface area contributed by atoms with Crippen LogP contribution in [0, 0.1) is 5.92 Å². The normalized spacial score (nSPS) is 24.4. The Kier molecular flexibility index (Phi) is 3.55. The molecule has 1 atom stereocenters. The minimum absolute atomic E-state index is 0.0212. The number of hydrogen-bond donors (Lipinski definition) is 0. The van der Waals surface area contributed by atoms with Gasteiger partial charge in [0.15, 0.2) is 0 Å². The summed E-state index contributed by atoms with van der Waals surface area (Å²) in [7, 11) is 0. The fourth-order valence-electron chi connectivity index (χ4n) is 2.40. The third kappa shape index (κ3) is 2.63. The fraction of sp³-hybridized carbons (Fsp3) is 0.571. The zero-order chi connectivity index (χ0) is 13.2. The average Bonchev–Trinajstić information content (AvgIpc) is 2.77. The standard InChI is InChI=1S/C14H18O4/c1-10(2)14(5-3-11-4-6-17-9-11)8-12(15)7-13(16)18-14/h4,6,9-10H,3,5,7-8H2,1-2H3. The Labute approximate surface area is 106 Å². The molecule has 0 amide bonds. The van der Waals surface area contributed by atoms with E-state index in [2.05, 4.69) is 0 Å². The highest BCUT2D eigenvalue weighted by molar-refractivity contribution is 5.98. The van der Waals surface area contributed by atoms with Gasteiger partial charge in [-0.15, -0.1) is 0 Å². The van der Waals surface area contributed by atoms with Crippen molar-refractivity contribution in [3.8, 4) is 0 Å². The summed E-state index contributed by atoms with van der Waals surface area (Å²) in [4.78, 5) is 23.1. The van der Waals surface area contributed by atoms with Crippen LogP contribution in [0.25, 0.3) is 0 Å². The third-order valence-electron chi connectivity index (χ3n) is 3.62. The number of hydrogen-bond acceptors (Lipinski definition) is 4. The molecule has 1 fully saturated rings. The Hall–Kier alpha value is -1.58. The van der Waals surface area contributed by atoms with Crippen molar-refractivity contribution in [3.05, 3.63) is 24.2 Å². The van der Waals surface area contributed by atoms with Crippen LogP contribution in [0.1, 0.15) is 38.7 Å². The lowest BCUT2D eigenvalue weighted by atomic mass is 9.79. The molecule has 0 N–H and O–H groups in total. The molecule has 0 radical (unpaired) electrons. The van der Waals surface area contributed by atoms with Crippen molar-refractivity contribution in [2.45, 2.75) is 45.1 Å². The number of rotatable bonds is 4. The van der Waals surface area contributed by atoms with Crippen LogP contribution in [-0.2, 0) is 20.7 Å². The summed E-state index contributed by atoms with van der Waals surface area (Å²) in [5.74, 6) is -0.295. The maximum atomic E-state index is 11.6. The van der Waals surface area contributed by atoms with Gasteiger partial charge in [0.1, 0.15) is 17.8 Å². The number of aryl methyl sites for hydroxylation is 1. The molecule has 0 saturated carbocycles. The predicted octanol–water partition coefficient (Wildman–Crippen LogP) is 2.51. The lowest BCUT2D eigenvalue weighted by Gasteiger charge is -2.39. The van der Waals surface area contributed by atoms with Crippen LogP contribution < -0.4 is 0 Å². The highest BCUT2D eigenvalue weighted by Gasteiger charge is 2.43. The van der Waals surface area contributed by atoms with Gasteiger partial charge in [-0.25, -0.2) is 0 Å². The monoisotopic (exact) mass is 250 g/mol. The summed E-state index contributed by atoms with van der Waals surface area (Å²) < 4.78 is 10.5. The van der Waals surface area contributed by atoms with E-state index < -0.39 is 11.6 Å². The second kappa shape index (κ2) is 4.96. The van der Waals surface area contributed by atoms with Crippen LogP contribution in [-0.4, -0.2) is 17.4 Å². The smallest absolute Gasteiger partial charge is 0.313 e. The molecule has 1 unspecified atom stereocenters. The van der Waals surface area contributed by atoms with Crippen LogP contribution in [0.4, 0.5) is 0 Å². The van der Waals surface area contributed by atoms with Gasteiger partial charge in [-0.05, 0) is 30.4 Å². The van der Waals surface area contributed by atoms with Gasteiger partial charge in [0, 0.05) is 6.42 Å². The summed E-state index contributed by atoms with van der Waals surface area (Å²) in [6.45, 7) is 3.97. The van der Waals surface area contributed by atoms with Gasteiger partial charge in [-0.3, -0.25) is 9.59 Å². The Morgan fingerprint density at radius 3 is 2.72 bits per heavy atom. The molecule has 1 aromatic rings. The predicted molar refractivity (Wildman–Crippen MR) is 64.9 cm³/mol. The Bertz CT molecular complexity index is 415. The molecular formula is C14H18O4. The van der Waals surface area contributed by atoms with Crippen molar-refractivity contribution in [1.82, 2.24) is 0 Å². The minimum Gasteiger partial charge on any atom is -0.472 e. The van der Waals surface area contributed by atoms with Crippen molar-refractivity contribution < 1.29 is 18.7 Å². The van der Waals surface area contributed by atoms with Crippen LogP contribution in [0.5, 0.6) is 0 Å². The maximum absolute atomic E-state index is 11.6. The number of Topliss-reactive ketones (excluding diaryl/α,β-unsaturated/α-hetero) is 1. The second-order valence-corrected chi connectivity index (χ2v) is 5.22. The topological polar surface area (TPSA) is 56.5 Å². The molecular weight excluding hydrogens is 232 g/mol. The summed E-state index contributed by atoms with van der Waals surface area (Å²) >= 11 is 0. The summed E-state index contributed by atoms with van der Waals surface area (Å²) in [6.07, 6.45) is 4.95. The lowest BCUT2D eigenvalue weighted by Crippen LogP contribution is -2.47. The fourth-order valence-corrected chi connectivity index (χ4v) is 2.40.